The summed E-state index contributed by atoms with van der Waals surface area (Å²) in [5.41, 5.74) is 0. The molecule has 2 rings (SSSR count). The summed E-state index contributed by atoms with van der Waals surface area (Å²) < 4.78 is 0. The molecule has 2 aliphatic rings. The Hall–Kier alpha value is -0.830. The summed E-state index contributed by atoms with van der Waals surface area (Å²) in [5, 5.41) is 0.0488. The van der Waals surface area contributed by atoms with Crippen molar-refractivity contribution >= 4 is 23.4 Å². The lowest BCUT2D eigenvalue weighted by molar-refractivity contribution is -0.140. The van der Waals surface area contributed by atoms with Crippen molar-refractivity contribution in [3.05, 3.63) is 11.1 Å². The fraction of sp³-hybridized carbons (Fsp3) is 0.667. The molecule has 0 spiro atoms. The topological polar surface area (TPSA) is 37.4 Å². The zero-order chi connectivity index (χ0) is 11.7. The van der Waals surface area contributed by atoms with Crippen LogP contribution in [-0.4, -0.2) is 22.8 Å². The Morgan fingerprint density at radius 1 is 1.31 bits per heavy atom. The van der Waals surface area contributed by atoms with E-state index >= 15 is 0 Å². The molecular weight excluding hydrogens is 226 g/mol. The summed E-state index contributed by atoms with van der Waals surface area (Å²) in [6.45, 7) is 1.95. The maximum absolute atomic E-state index is 11.7. The average molecular weight is 242 g/mol. The second-order valence-electron chi connectivity index (χ2n) is 4.64. The SMILES string of the molecule is CC(C1CCCCC1)N1C(=O)C=C(Cl)C1=O. The van der Waals surface area contributed by atoms with Crippen molar-refractivity contribution in [2.24, 2.45) is 5.92 Å². The molecule has 1 unspecified atom stereocenters. The van der Waals surface area contributed by atoms with Crippen LogP contribution in [0.2, 0.25) is 0 Å². The van der Waals surface area contributed by atoms with Crippen LogP contribution in [0.15, 0.2) is 11.1 Å². The van der Waals surface area contributed by atoms with Crippen molar-refractivity contribution in [2.75, 3.05) is 0 Å². The standard InChI is InChI=1S/C12H16ClNO2/c1-8(9-5-3-2-4-6-9)14-11(15)7-10(13)12(14)16/h7-9H,2-6H2,1H3. The molecule has 0 N–H and O–H groups in total. The molecule has 0 aromatic carbocycles. The van der Waals surface area contributed by atoms with E-state index in [9.17, 15) is 9.59 Å². The van der Waals surface area contributed by atoms with E-state index in [1.165, 1.54) is 30.2 Å². The molecule has 0 aromatic rings. The van der Waals surface area contributed by atoms with Crippen LogP contribution in [0.25, 0.3) is 0 Å². The minimum atomic E-state index is -0.329. The molecule has 1 aliphatic heterocycles. The first-order valence-corrected chi connectivity index (χ1v) is 6.24. The first-order valence-electron chi connectivity index (χ1n) is 5.86. The smallest absolute Gasteiger partial charge is 0.271 e. The van der Waals surface area contributed by atoms with Gasteiger partial charge in [0.1, 0.15) is 5.03 Å². The van der Waals surface area contributed by atoms with Gasteiger partial charge in [-0.2, -0.15) is 0 Å². The first kappa shape index (κ1) is 11.6. The minimum Gasteiger partial charge on any atom is -0.271 e. The summed E-state index contributed by atoms with van der Waals surface area (Å²) in [6, 6.07) is -0.0206. The van der Waals surface area contributed by atoms with Crippen LogP contribution in [-0.2, 0) is 9.59 Å². The van der Waals surface area contributed by atoms with Crippen molar-refractivity contribution < 1.29 is 9.59 Å². The van der Waals surface area contributed by atoms with Crippen LogP contribution in [0.1, 0.15) is 39.0 Å². The number of hydrogen-bond donors (Lipinski definition) is 0. The first-order chi connectivity index (χ1) is 7.61. The number of carbonyl (C=O) groups is 2. The number of nitrogens with zero attached hydrogens (tertiary/aromatic N) is 1. The molecule has 1 aliphatic carbocycles. The number of amides is 2. The third-order valence-corrected chi connectivity index (χ3v) is 3.92. The lowest BCUT2D eigenvalue weighted by Gasteiger charge is -2.32. The van der Waals surface area contributed by atoms with E-state index in [0.717, 1.165) is 12.8 Å². The quantitative estimate of drug-likeness (QED) is 0.697. The molecule has 4 heteroatoms. The third-order valence-electron chi connectivity index (χ3n) is 3.65. The van der Waals surface area contributed by atoms with Gasteiger partial charge < -0.3 is 0 Å². The van der Waals surface area contributed by atoms with Crippen molar-refractivity contribution in [1.29, 1.82) is 0 Å². The summed E-state index contributed by atoms with van der Waals surface area (Å²) in [6.07, 6.45) is 7.11. The average Bonchev–Trinajstić information content (AvgIpc) is 2.54. The third kappa shape index (κ3) is 2.01. The minimum absolute atomic E-state index is 0.0206. The van der Waals surface area contributed by atoms with E-state index < -0.39 is 0 Å². The Bertz CT molecular complexity index is 345. The highest BCUT2D eigenvalue weighted by molar-refractivity contribution is 6.46. The summed E-state index contributed by atoms with van der Waals surface area (Å²) in [5.74, 6) is -0.143. The number of halogens is 1. The molecule has 16 heavy (non-hydrogen) atoms. The lowest BCUT2D eigenvalue weighted by atomic mass is 9.84. The van der Waals surface area contributed by atoms with Gasteiger partial charge in [0.25, 0.3) is 11.8 Å². The predicted molar refractivity (Wildman–Crippen MR) is 61.8 cm³/mol. The second-order valence-corrected chi connectivity index (χ2v) is 5.05. The molecule has 0 aromatic heterocycles. The molecule has 0 radical (unpaired) electrons. The van der Waals surface area contributed by atoms with E-state index in [2.05, 4.69) is 0 Å². The normalized spacial score (nSPS) is 24.9. The molecule has 2 amide bonds. The fourth-order valence-corrected chi connectivity index (χ4v) is 2.85. The molecule has 1 atom stereocenters. The highest BCUT2D eigenvalue weighted by Gasteiger charge is 2.37. The molecule has 0 bridgehead atoms. The maximum atomic E-state index is 11.7. The van der Waals surface area contributed by atoms with E-state index in [1.807, 2.05) is 6.92 Å². The van der Waals surface area contributed by atoms with Gasteiger partial charge in [0, 0.05) is 12.1 Å². The molecule has 1 saturated carbocycles. The molecule has 1 heterocycles. The number of rotatable bonds is 2. The van der Waals surface area contributed by atoms with Gasteiger partial charge in [-0.1, -0.05) is 30.9 Å². The summed E-state index contributed by atoms with van der Waals surface area (Å²) >= 11 is 5.68. The van der Waals surface area contributed by atoms with Crippen LogP contribution in [0.3, 0.4) is 0 Å². The van der Waals surface area contributed by atoms with Crippen LogP contribution in [0, 0.1) is 5.92 Å². The van der Waals surface area contributed by atoms with Crippen LogP contribution in [0.5, 0.6) is 0 Å². The molecule has 1 fully saturated rings. The summed E-state index contributed by atoms with van der Waals surface area (Å²) in [4.78, 5) is 24.6. The Kier molecular flexibility index (Phi) is 3.33. The Morgan fingerprint density at radius 3 is 2.44 bits per heavy atom. The largest absolute Gasteiger partial charge is 0.272 e. The van der Waals surface area contributed by atoms with E-state index in [-0.39, 0.29) is 22.9 Å². The Morgan fingerprint density at radius 2 is 1.94 bits per heavy atom. The molecule has 3 nitrogen and oxygen atoms in total. The Labute approximate surface area is 100 Å². The van der Waals surface area contributed by atoms with Crippen molar-refractivity contribution in [3.63, 3.8) is 0 Å². The Balaban J connectivity index is 2.07. The summed E-state index contributed by atoms with van der Waals surface area (Å²) in [7, 11) is 0. The van der Waals surface area contributed by atoms with Gasteiger partial charge >= 0.3 is 0 Å². The number of imide groups is 1. The predicted octanol–water partition coefficient (Wildman–Crippen LogP) is 2.45. The lowest BCUT2D eigenvalue weighted by Crippen LogP contribution is -2.43. The second kappa shape index (κ2) is 4.58. The van der Waals surface area contributed by atoms with Crippen LogP contribution < -0.4 is 0 Å². The van der Waals surface area contributed by atoms with Gasteiger partial charge in [0.05, 0.1) is 0 Å². The fourth-order valence-electron chi connectivity index (χ4n) is 2.67. The zero-order valence-corrected chi connectivity index (χ0v) is 10.2. The maximum Gasteiger partial charge on any atom is 0.272 e. The van der Waals surface area contributed by atoms with E-state index in [4.69, 9.17) is 11.6 Å². The molecule has 88 valence electrons. The van der Waals surface area contributed by atoms with Gasteiger partial charge in [0.2, 0.25) is 0 Å². The zero-order valence-electron chi connectivity index (χ0n) is 9.41. The van der Waals surface area contributed by atoms with Gasteiger partial charge in [-0.3, -0.25) is 14.5 Å². The van der Waals surface area contributed by atoms with Gasteiger partial charge in [-0.05, 0) is 25.7 Å². The number of carbonyl (C=O) groups excluding carboxylic acids is 2. The van der Waals surface area contributed by atoms with Crippen molar-refractivity contribution in [1.82, 2.24) is 4.90 Å². The van der Waals surface area contributed by atoms with Crippen LogP contribution in [0.4, 0.5) is 0 Å². The van der Waals surface area contributed by atoms with Crippen molar-refractivity contribution in [3.8, 4) is 0 Å². The van der Waals surface area contributed by atoms with Gasteiger partial charge in [-0.15, -0.1) is 0 Å². The van der Waals surface area contributed by atoms with E-state index in [1.54, 1.807) is 0 Å². The van der Waals surface area contributed by atoms with Gasteiger partial charge in [0.15, 0.2) is 0 Å². The monoisotopic (exact) mass is 241 g/mol. The van der Waals surface area contributed by atoms with Gasteiger partial charge in [-0.25, -0.2) is 0 Å². The molecular formula is C12H16ClNO2. The highest BCUT2D eigenvalue weighted by Crippen LogP contribution is 2.31. The van der Waals surface area contributed by atoms with Crippen LogP contribution >= 0.6 is 11.6 Å². The molecule has 0 saturated heterocycles. The highest BCUT2D eigenvalue weighted by atomic mass is 35.5. The van der Waals surface area contributed by atoms with Crippen molar-refractivity contribution in [2.45, 2.75) is 45.1 Å². The van der Waals surface area contributed by atoms with E-state index in [0.29, 0.717) is 5.92 Å². The number of hydrogen-bond acceptors (Lipinski definition) is 2.